The van der Waals surface area contributed by atoms with E-state index in [9.17, 15) is 14.7 Å². The van der Waals surface area contributed by atoms with Crippen LogP contribution in [0.5, 0.6) is 28.7 Å². The second-order valence-corrected chi connectivity index (χ2v) is 9.87. The van der Waals surface area contributed by atoms with Gasteiger partial charge in [-0.05, 0) is 58.4 Å². The van der Waals surface area contributed by atoms with Crippen molar-refractivity contribution < 1.29 is 43.1 Å². The zero-order valence-corrected chi connectivity index (χ0v) is 25.1. The van der Waals surface area contributed by atoms with Gasteiger partial charge >= 0.3 is 11.9 Å². The highest BCUT2D eigenvalue weighted by Crippen LogP contribution is 2.52. The Bertz CT molecular complexity index is 1230. The van der Waals surface area contributed by atoms with Crippen molar-refractivity contribution in [3.05, 3.63) is 65.8 Å². The number of carbonyl (C=O) groups excluding carboxylic acids is 2. The first-order valence-electron chi connectivity index (χ1n) is 13.6. The van der Waals surface area contributed by atoms with Gasteiger partial charge in [0.2, 0.25) is 11.5 Å². The Labute approximate surface area is 242 Å². The number of esters is 2. The number of benzene rings is 2. The van der Waals surface area contributed by atoms with Crippen LogP contribution in [0.2, 0.25) is 0 Å². The maximum absolute atomic E-state index is 12.5. The van der Waals surface area contributed by atoms with Crippen LogP contribution in [0.1, 0.15) is 59.6 Å². The highest BCUT2D eigenvalue weighted by molar-refractivity contribution is 5.90. The molecule has 224 valence electrons. The third-order valence-corrected chi connectivity index (χ3v) is 6.02. The van der Waals surface area contributed by atoms with Crippen molar-refractivity contribution in [3.8, 4) is 28.7 Å². The van der Waals surface area contributed by atoms with Crippen LogP contribution in [-0.2, 0) is 19.7 Å². The number of carbonyl (C=O) groups is 2. The largest absolute Gasteiger partial charge is 0.491 e. The molecule has 2 aromatic carbocycles. The molecule has 2 aromatic rings. The third kappa shape index (κ3) is 8.75. The van der Waals surface area contributed by atoms with E-state index in [2.05, 4.69) is 13.2 Å². The van der Waals surface area contributed by atoms with Gasteiger partial charge in [-0.2, -0.15) is 0 Å². The number of ether oxygens (including phenoxy) is 6. The Morgan fingerprint density at radius 2 is 1.37 bits per heavy atom. The molecule has 0 radical (unpaired) electrons. The molecule has 0 aromatic heterocycles. The van der Waals surface area contributed by atoms with Crippen LogP contribution < -0.4 is 23.7 Å². The fourth-order valence-corrected chi connectivity index (χ4v) is 3.82. The minimum absolute atomic E-state index is 0.0551. The smallest absolute Gasteiger partial charge is 0.338 e. The molecule has 41 heavy (non-hydrogen) atoms. The van der Waals surface area contributed by atoms with Crippen molar-refractivity contribution in [3.63, 3.8) is 0 Å². The molecular formula is C32H42O9. The van der Waals surface area contributed by atoms with Gasteiger partial charge in [-0.25, -0.2) is 9.59 Å². The number of hydrogen-bond donors (Lipinski definition) is 1. The topological polar surface area (TPSA) is 110 Å². The molecule has 9 heteroatoms. The summed E-state index contributed by atoms with van der Waals surface area (Å²) >= 11 is 0. The fraction of sp³-hybridized carbons (Fsp3) is 0.438. The van der Waals surface area contributed by atoms with Gasteiger partial charge in [0.25, 0.3) is 0 Å². The molecule has 0 aliphatic heterocycles. The van der Waals surface area contributed by atoms with Gasteiger partial charge in [0.15, 0.2) is 11.5 Å². The minimum atomic E-state index is -0.991. The van der Waals surface area contributed by atoms with Gasteiger partial charge in [-0.15, -0.1) is 0 Å². The molecular weight excluding hydrogens is 528 g/mol. The average Bonchev–Trinajstić information content (AvgIpc) is 2.93. The van der Waals surface area contributed by atoms with Crippen LogP contribution in [0.4, 0.5) is 0 Å². The van der Waals surface area contributed by atoms with Crippen molar-refractivity contribution in [1.29, 1.82) is 0 Å². The van der Waals surface area contributed by atoms with Gasteiger partial charge in [0.1, 0.15) is 25.1 Å². The Morgan fingerprint density at radius 1 is 0.805 bits per heavy atom. The van der Waals surface area contributed by atoms with Crippen molar-refractivity contribution in [2.75, 3.05) is 33.0 Å². The summed E-state index contributed by atoms with van der Waals surface area (Å²) in [4.78, 5) is 24.0. The molecule has 0 heterocycles. The van der Waals surface area contributed by atoms with E-state index < -0.39 is 23.5 Å². The first-order chi connectivity index (χ1) is 19.4. The first-order valence-corrected chi connectivity index (χ1v) is 13.6. The zero-order chi connectivity index (χ0) is 30.7. The molecule has 0 bridgehead atoms. The predicted octanol–water partition coefficient (Wildman–Crippen LogP) is 5.55. The first kappa shape index (κ1) is 33.2. The summed E-state index contributed by atoms with van der Waals surface area (Å²) in [6.45, 7) is 20.6. The van der Waals surface area contributed by atoms with Gasteiger partial charge < -0.3 is 33.5 Å². The van der Waals surface area contributed by atoms with Gasteiger partial charge in [0.05, 0.1) is 19.8 Å². The van der Waals surface area contributed by atoms with Crippen LogP contribution in [0.3, 0.4) is 0 Å². The molecule has 1 unspecified atom stereocenters. The van der Waals surface area contributed by atoms with E-state index in [0.29, 0.717) is 37.1 Å². The summed E-state index contributed by atoms with van der Waals surface area (Å²) in [7, 11) is 0. The summed E-state index contributed by atoms with van der Waals surface area (Å²) in [5, 5.41) is 10.1. The third-order valence-electron chi connectivity index (χ3n) is 6.02. The maximum atomic E-state index is 12.5. The Morgan fingerprint density at radius 3 is 1.90 bits per heavy atom. The van der Waals surface area contributed by atoms with E-state index in [4.69, 9.17) is 28.4 Å². The highest BCUT2D eigenvalue weighted by Gasteiger charge is 2.34. The Balaban J connectivity index is 2.44. The van der Waals surface area contributed by atoms with Crippen LogP contribution in [0.15, 0.2) is 54.6 Å². The second-order valence-electron chi connectivity index (χ2n) is 9.87. The van der Waals surface area contributed by atoms with Crippen LogP contribution in [0, 0.1) is 0 Å². The number of rotatable bonds is 16. The molecule has 1 N–H and O–H groups in total. The van der Waals surface area contributed by atoms with E-state index in [1.165, 1.54) is 6.92 Å². The molecule has 0 saturated heterocycles. The molecule has 2 rings (SSSR count). The summed E-state index contributed by atoms with van der Waals surface area (Å²) in [5.41, 5.74) is 1.57. The van der Waals surface area contributed by atoms with E-state index in [1.54, 1.807) is 19.1 Å². The Kier molecular flexibility index (Phi) is 12.3. The Hall–Kier alpha value is -3.98. The summed E-state index contributed by atoms with van der Waals surface area (Å²) in [5.74, 6) is 0.575. The van der Waals surface area contributed by atoms with Gasteiger partial charge in [-0.3, -0.25) is 0 Å². The highest BCUT2D eigenvalue weighted by atomic mass is 16.6. The van der Waals surface area contributed by atoms with Crippen molar-refractivity contribution >= 4 is 11.9 Å². The van der Waals surface area contributed by atoms with Crippen LogP contribution >= 0.6 is 0 Å². The SMILES string of the molecule is C=C(C)C(=O)OCC(O)COc1ccc(C(C)(C)c2cc(OCC)c(OC(=O)C(=C)C)c(OCC)c2OCC)cc1. The van der Waals surface area contributed by atoms with Crippen molar-refractivity contribution in [2.45, 2.75) is 60.0 Å². The lowest BCUT2D eigenvalue weighted by molar-refractivity contribution is -0.142. The van der Waals surface area contributed by atoms with E-state index >= 15 is 0 Å². The van der Waals surface area contributed by atoms with E-state index in [-0.39, 0.29) is 35.9 Å². The molecule has 1 atom stereocenters. The lowest BCUT2D eigenvalue weighted by atomic mass is 9.77. The van der Waals surface area contributed by atoms with Gasteiger partial charge in [0, 0.05) is 22.1 Å². The average molecular weight is 571 g/mol. The molecule has 0 spiro atoms. The summed E-state index contributed by atoms with van der Waals surface area (Å²) < 4.78 is 34.3. The fourth-order valence-electron chi connectivity index (χ4n) is 3.82. The van der Waals surface area contributed by atoms with E-state index in [0.717, 1.165) is 11.1 Å². The molecule has 0 aliphatic carbocycles. The quantitative estimate of drug-likeness (QED) is 0.158. The lowest BCUT2D eigenvalue weighted by Crippen LogP contribution is -2.25. The normalized spacial score (nSPS) is 11.7. The number of aliphatic hydroxyl groups excluding tert-OH is 1. The lowest BCUT2D eigenvalue weighted by Gasteiger charge is -2.31. The minimum Gasteiger partial charge on any atom is -0.491 e. The van der Waals surface area contributed by atoms with Gasteiger partial charge in [-0.1, -0.05) is 39.1 Å². The van der Waals surface area contributed by atoms with Crippen LogP contribution in [-0.4, -0.2) is 56.2 Å². The van der Waals surface area contributed by atoms with Crippen LogP contribution in [0.25, 0.3) is 0 Å². The molecule has 9 nitrogen and oxygen atoms in total. The summed E-state index contributed by atoms with van der Waals surface area (Å²) in [6, 6.07) is 9.22. The molecule has 0 saturated carbocycles. The molecule has 0 amide bonds. The van der Waals surface area contributed by atoms with E-state index in [1.807, 2.05) is 52.8 Å². The molecule has 0 aliphatic rings. The predicted molar refractivity (Wildman–Crippen MR) is 156 cm³/mol. The van der Waals surface area contributed by atoms with Crippen molar-refractivity contribution in [2.24, 2.45) is 0 Å². The zero-order valence-electron chi connectivity index (χ0n) is 25.1. The monoisotopic (exact) mass is 570 g/mol. The number of hydrogen-bond acceptors (Lipinski definition) is 9. The standard InChI is InChI=1S/C32H42O9/c1-10-36-26-17-25(27(37-11-2)29(38-12-3)28(26)41-31(35)21(6)7)32(8,9)22-13-15-24(16-14-22)39-18-23(33)19-40-30(34)20(4)5/h13-17,23,33H,4,6,10-12,18-19H2,1-3,5,7-9H3. The second kappa shape index (κ2) is 15.1. The maximum Gasteiger partial charge on any atom is 0.338 e. The number of aliphatic hydroxyl groups is 1. The van der Waals surface area contributed by atoms with Crippen molar-refractivity contribution in [1.82, 2.24) is 0 Å². The summed E-state index contributed by atoms with van der Waals surface area (Å²) in [6.07, 6.45) is -0.991. The molecule has 0 fully saturated rings.